The Bertz CT molecular complexity index is 868. The third kappa shape index (κ3) is 4.03. The van der Waals surface area contributed by atoms with E-state index in [1.54, 1.807) is 17.0 Å². The normalized spacial score (nSPS) is 18.6. The van der Waals surface area contributed by atoms with Crippen LogP contribution < -0.4 is 4.90 Å². The summed E-state index contributed by atoms with van der Waals surface area (Å²) in [5, 5.41) is 0. The number of halogens is 1. The minimum atomic E-state index is -3.55. The van der Waals surface area contributed by atoms with Gasteiger partial charge in [-0.05, 0) is 60.0 Å². The lowest BCUT2D eigenvalue weighted by molar-refractivity contribution is -0.123. The van der Waals surface area contributed by atoms with E-state index in [0.717, 1.165) is 9.47 Å². The Kier molecular flexibility index (Phi) is 6.17. The summed E-state index contributed by atoms with van der Waals surface area (Å²) in [7, 11) is -3.55. The van der Waals surface area contributed by atoms with Gasteiger partial charge in [-0.3, -0.25) is 4.79 Å². The Morgan fingerprint density at radius 2 is 2.00 bits per heavy atom. The summed E-state index contributed by atoms with van der Waals surface area (Å²) in [5.74, 6) is -0.326. The molecule has 2 heterocycles. The van der Waals surface area contributed by atoms with Gasteiger partial charge in [0.1, 0.15) is 4.21 Å². The van der Waals surface area contributed by atoms with Crippen LogP contribution in [0.3, 0.4) is 0 Å². The van der Waals surface area contributed by atoms with Crippen molar-refractivity contribution in [2.45, 2.75) is 24.0 Å². The number of sulfonamides is 1. The fourth-order valence-electron chi connectivity index (χ4n) is 3.22. The van der Waals surface area contributed by atoms with Crippen LogP contribution in [0.15, 0.2) is 50.5 Å². The number of thiophene rings is 1. The predicted molar refractivity (Wildman–Crippen MR) is 108 cm³/mol. The number of carbonyl (C=O) groups excluding carboxylic acids is 1. The van der Waals surface area contributed by atoms with E-state index in [-0.39, 0.29) is 18.4 Å². The number of nitrogens with zero attached hydrogens (tertiary/aromatic N) is 2. The molecule has 2 aromatic rings. The largest absolute Gasteiger partial charge is 0.312 e. The zero-order valence-electron chi connectivity index (χ0n) is 14.5. The van der Waals surface area contributed by atoms with Crippen molar-refractivity contribution in [2.75, 3.05) is 24.5 Å². The smallest absolute Gasteiger partial charge is 0.252 e. The third-order valence-electron chi connectivity index (χ3n) is 4.53. The molecule has 140 valence electrons. The number of carbonyl (C=O) groups is 1. The molecule has 0 bridgehead atoms. The van der Waals surface area contributed by atoms with E-state index in [2.05, 4.69) is 15.9 Å². The highest BCUT2D eigenvalue weighted by molar-refractivity contribution is 9.11. The average Bonchev–Trinajstić information content (AvgIpc) is 3.10. The standard InChI is InChI=1S/C18H21BrN2O3S2/c1-2-21(15-8-4-3-5-9-15)18(22)14-7-6-12-20(13-14)26(23,24)17-11-10-16(19)25-17/h3-5,8-11,14H,2,6-7,12-13H2,1H3. The van der Waals surface area contributed by atoms with Gasteiger partial charge in [-0.15, -0.1) is 11.3 Å². The first kappa shape index (κ1) is 19.5. The molecule has 5 nitrogen and oxygen atoms in total. The van der Waals surface area contributed by atoms with Crippen LogP contribution >= 0.6 is 27.3 Å². The van der Waals surface area contributed by atoms with Gasteiger partial charge in [-0.25, -0.2) is 8.42 Å². The number of amides is 1. The number of rotatable bonds is 5. The molecule has 3 rings (SSSR count). The van der Waals surface area contributed by atoms with Gasteiger partial charge in [0.2, 0.25) is 5.91 Å². The van der Waals surface area contributed by atoms with Gasteiger partial charge in [0.05, 0.1) is 9.70 Å². The second-order valence-corrected chi connectivity index (χ2v) is 10.8. The number of hydrogen-bond donors (Lipinski definition) is 0. The number of piperidine rings is 1. The first-order valence-corrected chi connectivity index (χ1v) is 11.6. The molecule has 26 heavy (non-hydrogen) atoms. The van der Waals surface area contributed by atoms with Gasteiger partial charge in [-0.2, -0.15) is 4.31 Å². The summed E-state index contributed by atoms with van der Waals surface area (Å²) >= 11 is 4.51. The van der Waals surface area contributed by atoms with Crippen molar-refractivity contribution in [1.29, 1.82) is 0 Å². The van der Waals surface area contributed by atoms with Crippen molar-refractivity contribution in [1.82, 2.24) is 4.31 Å². The molecule has 1 aromatic carbocycles. The Morgan fingerprint density at radius 1 is 1.27 bits per heavy atom. The van der Waals surface area contributed by atoms with Crippen LogP contribution in [-0.2, 0) is 14.8 Å². The molecule has 0 N–H and O–H groups in total. The lowest BCUT2D eigenvalue weighted by Crippen LogP contribution is -2.46. The maximum absolute atomic E-state index is 13.0. The Morgan fingerprint density at radius 3 is 2.62 bits per heavy atom. The first-order chi connectivity index (χ1) is 12.4. The SMILES string of the molecule is CCN(C(=O)C1CCCN(S(=O)(=O)c2ccc(Br)s2)C1)c1ccccc1. The van der Waals surface area contributed by atoms with E-state index in [9.17, 15) is 13.2 Å². The first-order valence-electron chi connectivity index (χ1n) is 8.55. The monoisotopic (exact) mass is 456 g/mol. The minimum Gasteiger partial charge on any atom is -0.312 e. The summed E-state index contributed by atoms with van der Waals surface area (Å²) in [6.45, 7) is 3.19. The molecular formula is C18H21BrN2O3S2. The quantitative estimate of drug-likeness (QED) is 0.683. The molecule has 1 aliphatic rings. The molecule has 1 aromatic heterocycles. The maximum atomic E-state index is 13.0. The predicted octanol–water partition coefficient (Wildman–Crippen LogP) is 3.96. The fraction of sp³-hybridized carbons (Fsp3) is 0.389. The van der Waals surface area contributed by atoms with E-state index in [4.69, 9.17) is 0 Å². The third-order valence-corrected chi connectivity index (χ3v) is 8.48. The Labute approximate surface area is 166 Å². The van der Waals surface area contributed by atoms with Crippen LogP contribution in [0.4, 0.5) is 5.69 Å². The number of benzene rings is 1. The van der Waals surface area contributed by atoms with E-state index < -0.39 is 10.0 Å². The zero-order valence-corrected chi connectivity index (χ0v) is 17.7. The van der Waals surface area contributed by atoms with Crippen molar-refractivity contribution < 1.29 is 13.2 Å². The molecule has 1 atom stereocenters. The van der Waals surface area contributed by atoms with E-state index in [1.807, 2.05) is 37.3 Å². The second-order valence-electron chi connectivity index (χ2n) is 6.18. The van der Waals surface area contributed by atoms with Crippen molar-refractivity contribution in [2.24, 2.45) is 5.92 Å². The summed E-state index contributed by atoms with van der Waals surface area (Å²) in [4.78, 5) is 14.8. The van der Waals surface area contributed by atoms with E-state index in [1.165, 1.54) is 15.6 Å². The summed E-state index contributed by atoms with van der Waals surface area (Å²) in [6, 6.07) is 12.9. The molecule has 1 fully saturated rings. The molecule has 0 saturated carbocycles. The lowest BCUT2D eigenvalue weighted by atomic mass is 9.98. The van der Waals surface area contributed by atoms with Gasteiger partial charge in [0, 0.05) is 25.3 Å². The van der Waals surface area contributed by atoms with Gasteiger partial charge < -0.3 is 4.90 Å². The molecule has 1 saturated heterocycles. The molecule has 1 aliphatic heterocycles. The van der Waals surface area contributed by atoms with E-state index >= 15 is 0 Å². The Balaban J connectivity index is 1.78. The van der Waals surface area contributed by atoms with Crippen LogP contribution in [0, 0.1) is 5.92 Å². The number of hydrogen-bond acceptors (Lipinski definition) is 4. The highest BCUT2D eigenvalue weighted by atomic mass is 79.9. The molecule has 8 heteroatoms. The Hall–Kier alpha value is -1.22. The van der Waals surface area contributed by atoms with Crippen LogP contribution in [0.1, 0.15) is 19.8 Å². The topological polar surface area (TPSA) is 57.7 Å². The molecule has 0 aliphatic carbocycles. The van der Waals surface area contributed by atoms with Crippen LogP contribution in [0.25, 0.3) is 0 Å². The molecule has 0 spiro atoms. The minimum absolute atomic E-state index is 0.00837. The van der Waals surface area contributed by atoms with Crippen molar-refractivity contribution in [3.8, 4) is 0 Å². The average molecular weight is 457 g/mol. The van der Waals surface area contributed by atoms with Crippen molar-refractivity contribution >= 4 is 48.9 Å². The maximum Gasteiger partial charge on any atom is 0.252 e. The summed E-state index contributed by atoms with van der Waals surface area (Å²) in [5.41, 5.74) is 0.849. The van der Waals surface area contributed by atoms with Crippen LogP contribution in [-0.4, -0.2) is 38.3 Å². The highest BCUT2D eigenvalue weighted by Crippen LogP contribution is 2.31. The number of anilines is 1. The van der Waals surface area contributed by atoms with Crippen molar-refractivity contribution in [3.63, 3.8) is 0 Å². The van der Waals surface area contributed by atoms with Gasteiger partial charge in [-0.1, -0.05) is 18.2 Å². The number of para-hydroxylation sites is 1. The lowest BCUT2D eigenvalue weighted by Gasteiger charge is -2.33. The highest BCUT2D eigenvalue weighted by Gasteiger charge is 2.35. The molecule has 0 radical (unpaired) electrons. The molecule has 1 unspecified atom stereocenters. The van der Waals surface area contributed by atoms with Gasteiger partial charge >= 0.3 is 0 Å². The van der Waals surface area contributed by atoms with Crippen LogP contribution in [0.2, 0.25) is 0 Å². The van der Waals surface area contributed by atoms with E-state index in [0.29, 0.717) is 30.1 Å². The molecule has 1 amide bonds. The fourth-order valence-corrected chi connectivity index (χ4v) is 6.91. The second kappa shape index (κ2) is 8.21. The van der Waals surface area contributed by atoms with Gasteiger partial charge in [0.15, 0.2) is 0 Å². The molecular weight excluding hydrogens is 436 g/mol. The summed E-state index contributed by atoms with van der Waals surface area (Å²) in [6.07, 6.45) is 1.40. The van der Waals surface area contributed by atoms with Gasteiger partial charge in [0.25, 0.3) is 10.0 Å². The van der Waals surface area contributed by atoms with Crippen molar-refractivity contribution in [3.05, 3.63) is 46.3 Å². The van der Waals surface area contributed by atoms with Crippen LogP contribution in [0.5, 0.6) is 0 Å². The zero-order chi connectivity index (χ0) is 18.7. The summed E-state index contributed by atoms with van der Waals surface area (Å²) < 4.78 is 28.3.